The Kier molecular flexibility index (Phi) is 7.17. The maximum Gasteiger partial charge on any atom is 0.466 e. The van der Waals surface area contributed by atoms with Crippen molar-refractivity contribution in [2.45, 2.75) is 6.92 Å². The second-order valence-electron chi connectivity index (χ2n) is 6.36. The topological polar surface area (TPSA) is 133 Å². The number of imidazole rings is 1. The van der Waals surface area contributed by atoms with Crippen LogP contribution in [0, 0.1) is 0 Å². The Hall–Kier alpha value is -3.07. The summed E-state index contributed by atoms with van der Waals surface area (Å²) in [7, 11) is -4.64. The molecular formula is C20H19ClN5O4P. The summed E-state index contributed by atoms with van der Waals surface area (Å²) in [5, 5.41) is 6.16. The summed E-state index contributed by atoms with van der Waals surface area (Å²) < 4.78 is 10.8. The minimum Gasteiger partial charge on any atom is -0.306 e. The molecule has 0 aliphatic carbocycles. The van der Waals surface area contributed by atoms with E-state index in [0.717, 1.165) is 33.6 Å². The van der Waals surface area contributed by atoms with Gasteiger partial charge in [-0.15, -0.1) is 0 Å². The van der Waals surface area contributed by atoms with Crippen molar-refractivity contribution in [3.8, 4) is 5.69 Å². The molecule has 0 amide bonds. The van der Waals surface area contributed by atoms with E-state index in [0.29, 0.717) is 5.02 Å². The maximum absolute atomic E-state index is 8.88. The smallest absolute Gasteiger partial charge is 0.306 e. The average Bonchev–Trinajstić information content (AvgIpc) is 3.25. The zero-order chi connectivity index (χ0) is 22.4. The molecule has 2 aromatic heterocycles. The lowest BCUT2D eigenvalue weighted by atomic mass is 10.1. The Morgan fingerprint density at radius 2 is 1.81 bits per heavy atom. The van der Waals surface area contributed by atoms with Gasteiger partial charge in [0, 0.05) is 34.7 Å². The molecule has 31 heavy (non-hydrogen) atoms. The Morgan fingerprint density at radius 1 is 1.10 bits per heavy atom. The van der Waals surface area contributed by atoms with E-state index in [1.165, 1.54) is 0 Å². The molecule has 160 valence electrons. The van der Waals surface area contributed by atoms with E-state index in [2.05, 4.69) is 20.5 Å². The molecule has 0 fully saturated rings. The molecule has 0 saturated carbocycles. The number of fused-ring (bicyclic) bond motifs is 1. The molecule has 4 rings (SSSR count). The molecule has 0 spiro atoms. The molecule has 9 nitrogen and oxygen atoms in total. The fourth-order valence-electron chi connectivity index (χ4n) is 2.71. The molecule has 11 heteroatoms. The van der Waals surface area contributed by atoms with E-state index in [1.807, 2.05) is 66.2 Å². The van der Waals surface area contributed by atoms with Gasteiger partial charge in [0.05, 0.1) is 23.2 Å². The molecule has 0 bridgehead atoms. The highest BCUT2D eigenvalue weighted by Gasteiger charge is 2.04. The Morgan fingerprint density at radius 3 is 2.45 bits per heavy atom. The van der Waals surface area contributed by atoms with Crippen LogP contribution >= 0.6 is 19.4 Å². The van der Waals surface area contributed by atoms with Crippen LogP contribution in [0.2, 0.25) is 5.02 Å². The van der Waals surface area contributed by atoms with Crippen molar-refractivity contribution in [2.24, 2.45) is 5.10 Å². The number of halogens is 1. The van der Waals surface area contributed by atoms with Crippen molar-refractivity contribution in [1.82, 2.24) is 14.5 Å². The number of nitrogens with zero attached hydrogens (tertiary/aromatic N) is 4. The van der Waals surface area contributed by atoms with E-state index >= 15 is 0 Å². The first-order valence-corrected chi connectivity index (χ1v) is 10.9. The molecule has 0 atom stereocenters. The third kappa shape index (κ3) is 6.71. The van der Waals surface area contributed by atoms with Crippen LogP contribution in [-0.4, -0.2) is 34.9 Å². The van der Waals surface area contributed by atoms with Crippen molar-refractivity contribution >= 4 is 41.7 Å². The van der Waals surface area contributed by atoms with Crippen LogP contribution in [0.1, 0.15) is 12.5 Å². The number of hydrazone groups is 1. The number of phosphoric acid groups is 1. The maximum atomic E-state index is 8.88. The average molecular weight is 460 g/mol. The van der Waals surface area contributed by atoms with Crippen LogP contribution in [-0.2, 0) is 4.57 Å². The SMILES string of the molecule is CC(=NNc1ccnc2cc(Cl)ccc12)c1ccc(-n2ccnc2)cc1.O=P(O)(O)O. The van der Waals surface area contributed by atoms with Gasteiger partial charge in [0.2, 0.25) is 0 Å². The minimum atomic E-state index is -4.64. The highest BCUT2D eigenvalue weighted by atomic mass is 35.5. The number of benzene rings is 2. The van der Waals surface area contributed by atoms with E-state index in [1.54, 1.807) is 18.7 Å². The van der Waals surface area contributed by atoms with Crippen molar-refractivity contribution < 1.29 is 19.2 Å². The predicted molar refractivity (Wildman–Crippen MR) is 120 cm³/mol. The van der Waals surface area contributed by atoms with Crippen molar-refractivity contribution in [2.75, 3.05) is 5.43 Å². The lowest BCUT2D eigenvalue weighted by Gasteiger charge is -2.08. The van der Waals surface area contributed by atoms with Gasteiger partial charge in [0.1, 0.15) is 0 Å². The van der Waals surface area contributed by atoms with Crippen LogP contribution in [0.15, 0.2) is 78.6 Å². The quantitative estimate of drug-likeness (QED) is 0.206. The molecule has 0 radical (unpaired) electrons. The Balaban J connectivity index is 0.000000491. The van der Waals surface area contributed by atoms with Crippen molar-refractivity contribution in [3.63, 3.8) is 0 Å². The van der Waals surface area contributed by atoms with Crippen LogP contribution in [0.25, 0.3) is 16.6 Å². The number of pyridine rings is 1. The number of anilines is 1. The van der Waals surface area contributed by atoms with Gasteiger partial charge in [0.15, 0.2) is 0 Å². The van der Waals surface area contributed by atoms with Crippen LogP contribution in [0.5, 0.6) is 0 Å². The highest BCUT2D eigenvalue weighted by molar-refractivity contribution is 7.45. The van der Waals surface area contributed by atoms with Crippen LogP contribution < -0.4 is 5.43 Å². The van der Waals surface area contributed by atoms with Crippen molar-refractivity contribution in [1.29, 1.82) is 0 Å². The first-order valence-electron chi connectivity index (χ1n) is 8.92. The van der Waals surface area contributed by atoms with Gasteiger partial charge in [-0.2, -0.15) is 5.10 Å². The number of hydrogen-bond donors (Lipinski definition) is 4. The lowest BCUT2D eigenvalue weighted by Crippen LogP contribution is -2.01. The molecule has 2 heterocycles. The zero-order valence-electron chi connectivity index (χ0n) is 16.3. The van der Waals surface area contributed by atoms with Crippen LogP contribution in [0.4, 0.5) is 5.69 Å². The molecule has 0 saturated heterocycles. The second kappa shape index (κ2) is 9.82. The first kappa shape index (κ1) is 22.6. The summed E-state index contributed by atoms with van der Waals surface area (Å²) >= 11 is 6.03. The van der Waals surface area contributed by atoms with Gasteiger partial charge < -0.3 is 19.2 Å². The first-order chi connectivity index (χ1) is 14.7. The van der Waals surface area contributed by atoms with Gasteiger partial charge in [-0.25, -0.2) is 9.55 Å². The van der Waals surface area contributed by atoms with E-state index < -0.39 is 7.82 Å². The lowest BCUT2D eigenvalue weighted by molar-refractivity contribution is 0.275. The van der Waals surface area contributed by atoms with Gasteiger partial charge >= 0.3 is 7.82 Å². The summed E-state index contributed by atoms with van der Waals surface area (Å²) in [5.41, 5.74) is 7.85. The summed E-state index contributed by atoms with van der Waals surface area (Å²) in [6.45, 7) is 1.97. The third-order valence-corrected chi connectivity index (χ3v) is 4.37. The Labute approximate surface area is 182 Å². The zero-order valence-corrected chi connectivity index (χ0v) is 17.9. The fourth-order valence-corrected chi connectivity index (χ4v) is 2.88. The highest BCUT2D eigenvalue weighted by Crippen LogP contribution is 2.26. The monoisotopic (exact) mass is 459 g/mol. The third-order valence-electron chi connectivity index (χ3n) is 4.14. The van der Waals surface area contributed by atoms with Gasteiger partial charge in [-0.3, -0.25) is 10.4 Å². The normalized spacial score (nSPS) is 11.7. The van der Waals surface area contributed by atoms with Crippen LogP contribution in [0.3, 0.4) is 0 Å². The summed E-state index contributed by atoms with van der Waals surface area (Å²) in [5.74, 6) is 0. The second-order valence-corrected chi connectivity index (χ2v) is 7.82. The number of rotatable bonds is 4. The molecule has 0 aliphatic heterocycles. The van der Waals surface area contributed by atoms with E-state index in [4.69, 9.17) is 30.8 Å². The number of hydrogen-bond acceptors (Lipinski definition) is 5. The molecule has 0 unspecified atom stereocenters. The molecule has 4 N–H and O–H groups in total. The van der Waals surface area contributed by atoms with Gasteiger partial charge in [-0.1, -0.05) is 23.7 Å². The molecule has 2 aromatic carbocycles. The molecule has 4 aromatic rings. The Bertz CT molecular complexity index is 1230. The largest absolute Gasteiger partial charge is 0.466 e. The fraction of sp³-hybridized carbons (Fsp3) is 0.0500. The summed E-state index contributed by atoms with van der Waals surface area (Å²) in [6.07, 6.45) is 7.19. The number of nitrogens with one attached hydrogen (secondary N) is 1. The van der Waals surface area contributed by atoms with E-state index in [9.17, 15) is 0 Å². The summed E-state index contributed by atoms with van der Waals surface area (Å²) in [4.78, 5) is 30.0. The van der Waals surface area contributed by atoms with E-state index in [-0.39, 0.29) is 0 Å². The number of aromatic nitrogens is 3. The van der Waals surface area contributed by atoms with Crippen molar-refractivity contribution in [3.05, 3.63) is 84.0 Å². The minimum absolute atomic E-state index is 0.666. The molecular weight excluding hydrogens is 441 g/mol. The standard InChI is InChI=1S/C20H16ClN5.H3O4P/c1-14(15-2-5-17(6-3-15)26-11-10-22-13-26)24-25-19-8-9-23-20-12-16(21)4-7-18(19)20;1-5(2,3)4/h2-13H,1H3,(H,23,25);(H3,1,2,3,4). The predicted octanol–water partition coefficient (Wildman–Crippen LogP) is 3.98. The van der Waals surface area contributed by atoms with Gasteiger partial charge in [-0.05, 0) is 48.9 Å². The molecule has 0 aliphatic rings. The van der Waals surface area contributed by atoms with Gasteiger partial charge in [0.25, 0.3) is 0 Å². The summed E-state index contributed by atoms with van der Waals surface area (Å²) in [6, 6.07) is 15.7.